The van der Waals surface area contributed by atoms with Gasteiger partial charge >= 0.3 is 0 Å². The number of amides is 1. The summed E-state index contributed by atoms with van der Waals surface area (Å²) in [6.07, 6.45) is 4.18. The number of imidazole rings is 1. The molecule has 2 aliphatic heterocycles. The van der Waals surface area contributed by atoms with Crippen molar-refractivity contribution in [3.63, 3.8) is 0 Å². The zero-order chi connectivity index (χ0) is 17.8. The molecule has 7 heteroatoms. The van der Waals surface area contributed by atoms with E-state index in [9.17, 15) is 4.79 Å². The Hall–Kier alpha value is -1.44. The van der Waals surface area contributed by atoms with Gasteiger partial charge in [-0.05, 0) is 18.8 Å². The number of hydrogen-bond acceptors (Lipinski definition) is 5. The Bertz CT molecular complexity index is 581. The molecule has 0 N–H and O–H groups in total. The summed E-state index contributed by atoms with van der Waals surface area (Å²) in [6.45, 7) is 5.40. The lowest BCUT2D eigenvalue weighted by Gasteiger charge is -2.35. The number of nitrogens with zero attached hydrogens (tertiary/aromatic N) is 4. The maximum atomic E-state index is 11.7. The number of likely N-dealkylation sites (N-methyl/N-ethyl adjacent to an activating group) is 1. The molecule has 1 aromatic heterocycles. The van der Waals surface area contributed by atoms with E-state index in [0.717, 1.165) is 51.4 Å². The lowest BCUT2D eigenvalue weighted by Crippen LogP contribution is -2.40. The first kappa shape index (κ1) is 18.4. The molecule has 0 aromatic carbocycles. The minimum absolute atomic E-state index is 0.0000933. The summed E-state index contributed by atoms with van der Waals surface area (Å²) in [5, 5.41) is 0. The Balaban J connectivity index is 1.61. The highest BCUT2D eigenvalue weighted by molar-refractivity contribution is 5.76. The van der Waals surface area contributed by atoms with Crippen molar-refractivity contribution in [1.29, 1.82) is 0 Å². The van der Waals surface area contributed by atoms with Gasteiger partial charge in [-0.25, -0.2) is 4.98 Å². The highest BCUT2D eigenvalue weighted by atomic mass is 16.5. The Labute approximate surface area is 149 Å². The van der Waals surface area contributed by atoms with Crippen LogP contribution in [-0.4, -0.2) is 78.9 Å². The molecule has 3 heterocycles. The molecule has 0 saturated carbocycles. The minimum atomic E-state index is 0.0000933. The molecule has 0 radical (unpaired) electrons. The Morgan fingerprint density at radius 1 is 1.40 bits per heavy atom. The van der Waals surface area contributed by atoms with Gasteiger partial charge in [-0.2, -0.15) is 0 Å². The van der Waals surface area contributed by atoms with Gasteiger partial charge in [-0.1, -0.05) is 0 Å². The number of ether oxygens (including phenoxy) is 2. The molecule has 0 aliphatic carbocycles. The fourth-order valence-electron chi connectivity index (χ4n) is 3.79. The first-order valence-electron chi connectivity index (χ1n) is 9.12. The first-order chi connectivity index (χ1) is 12.0. The molecule has 25 heavy (non-hydrogen) atoms. The number of carbonyl (C=O) groups excluding carboxylic acids is 1. The molecule has 3 rings (SSSR count). The summed E-state index contributed by atoms with van der Waals surface area (Å²) in [6, 6.07) is 0. The maximum absolute atomic E-state index is 11.7. The molecule has 0 bridgehead atoms. The van der Waals surface area contributed by atoms with Gasteiger partial charge in [0.25, 0.3) is 0 Å². The van der Waals surface area contributed by atoms with Crippen molar-refractivity contribution in [2.75, 3.05) is 53.6 Å². The van der Waals surface area contributed by atoms with E-state index in [4.69, 9.17) is 9.47 Å². The van der Waals surface area contributed by atoms with E-state index in [1.807, 2.05) is 13.4 Å². The number of hydrogen-bond donors (Lipinski definition) is 0. The van der Waals surface area contributed by atoms with E-state index in [2.05, 4.69) is 14.5 Å². The van der Waals surface area contributed by atoms with Crippen LogP contribution in [0.1, 0.15) is 30.1 Å². The van der Waals surface area contributed by atoms with Gasteiger partial charge in [0, 0.05) is 65.6 Å². The molecular weight excluding hydrogens is 320 g/mol. The van der Waals surface area contributed by atoms with Crippen LogP contribution in [-0.2, 0) is 27.9 Å². The van der Waals surface area contributed by atoms with Crippen LogP contribution in [0.25, 0.3) is 0 Å². The third kappa shape index (κ3) is 4.59. The van der Waals surface area contributed by atoms with Crippen LogP contribution < -0.4 is 0 Å². The van der Waals surface area contributed by atoms with Gasteiger partial charge < -0.3 is 18.9 Å². The Kier molecular flexibility index (Phi) is 6.09. The van der Waals surface area contributed by atoms with Crippen molar-refractivity contribution in [2.24, 2.45) is 13.0 Å². The molecule has 140 valence electrons. The van der Waals surface area contributed by atoms with Crippen molar-refractivity contribution in [1.82, 2.24) is 19.4 Å². The van der Waals surface area contributed by atoms with Crippen LogP contribution >= 0.6 is 0 Å². The van der Waals surface area contributed by atoms with E-state index >= 15 is 0 Å². The number of fused-ring (bicyclic) bond motifs is 1. The summed E-state index contributed by atoms with van der Waals surface area (Å²) in [4.78, 5) is 20.4. The van der Waals surface area contributed by atoms with E-state index in [-0.39, 0.29) is 18.4 Å². The van der Waals surface area contributed by atoms with Crippen LogP contribution in [0.5, 0.6) is 0 Å². The fraction of sp³-hybridized carbons (Fsp3) is 0.778. The summed E-state index contributed by atoms with van der Waals surface area (Å²) in [5.41, 5.74) is 2.40. The molecule has 2 aliphatic rings. The Morgan fingerprint density at radius 2 is 2.16 bits per heavy atom. The van der Waals surface area contributed by atoms with Gasteiger partial charge in [0.15, 0.2) is 0 Å². The lowest BCUT2D eigenvalue weighted by molar-refractivity contribution is -0.133. The molecule has 0 spiro atoms. The third-order valence-corrected chi connectivity index (χ3v) is 5.20. The van der Waals surface area contributed by atoms with Gasteiger partial charge in [-0.15, -0.1) is 0 Å². The molecule has 0 unspecified atom stereocenters. The molecule has 1 amide bonds. The molecular formula is C18H30N4O3. The molecule has 7 nitrogen and oxygen atoms in total. The minimum Gasteiger partial charge on any atom is -0.381 e. The number of rotatable bonds is 6. The quantitative estimate of drug-likeness (QED) is 0.761. The monoisotopic (exact) mass is 350 g/mol. The molecule has 1 atom stereocenters. The fourth-order valence-corrected chi connectivity index (χ4v) is 3.79. The summed E-state index contributed by atoms with van der Waals surface area (Å²) in [7, 11) is 5.54. The van der Waals surface area contributed by atoms with Crippen molar-refractivity contribution < 1.29 is 14.3 Å². The van der Waals surface area contributed by atoms with Gasteiger partial charge in [0.1, 0.15) is 6.61 Å². The second-order valence-electron chi connectivity index (χ2n) is 7.44. The van der Waals surface area contributed by atoms with Gasteiger partial charge in [-0.3, -0.25) is 9.69 Å². The normalized spacial score (nSPS) is 22.0. The molecule has 1 saturated heterocycles. The third-order valence-electron chi connectivity index (χ3n) is 5.20. The smallest absolute Gasteiger partial charge is 0.248 e. The zero-order valence-corrected chi connectivity index (χ0v) is 15.6. The van der Waals surface area contributed by atoms with Crippen molar-refractivity contribution in [3.8, 4) is 0 Å². The SMILES string of the molecule is CN(C)C(=O)COC[C@H]1CN(CC2CCOCC2)Cc2ncn(C)c21. The lowest BCUT2D eigenvalue weighted by atomic mass is 9.95. The topological polar surface area (TPSA) is 59.8 Å². The number of aromatic nitrogens is 2. The highest BCUT2D eigenvalue weighted by Crippen LogP contribution is 2.29. The van der Waals surface area contributed by atoms with E-state index in [1.165, 1.54) is 5.69 Å². The van der Waals surface area contributed by atoms with E-state index in [0.29, 0.717) is 12.5 Å². The van der Waals surface area contributed by atoms with Gasteiger partial charge in [0.05, 0.1) is 18.6 Å². The predicted octanol–water partition coefficient (Wildman–Crippen LogP) is 0.851. The average Bonchev–Trinajstić information content (AvgIpc) is 2.96. The van der Waals surface area contributed by atoms with Crippen molar-refractivity contribution in [3.05, 3.63) is 17.7 Å². The zero-order valence-electron chi connectivity index (χ0n) is 15.6. The van der Waals surface area contributed by atoms with Crippen LogP contribution in [0, 0.1) is 5.92 Å². The first-order valence-corrected chi connectivity index (χ1v) is 9.12. The maximum Gasteiger partial charge on any atom is 0.248 e. The van der Waals surface area contributed by atoms with Gasteiger partial charge in [0.2, 0.25) is 5.91 Å². The van der Waals surface area contributed by atoms with Crippen LogP contribution in [0.3, 0.4) is 0 Å². The summed E-state index contributed by atoms with van der Waals surface area (Å²) < 4.78 is 13.3. The predicted molar refractivity (Wildman–Crippen MR) is 94.3 cm³/mol. The number of carbonyl (C=O) groups is 1. The second kappa shape index (κ2) is 8.29. The van der Waals surface area contributed by atoms with Crippen LogP contribution in [0.2, 0.25) is 0 Å². The second-order valence-corrected chi connectivity index (χ2v) is 7.44. The Morgan fingerprint density at radius 3 is 2.88 bits per heavy atom. The number of aryl methyl sites for hydroxylation is 1. The van der Waals surface area contributed by atoms with Crippen LogP contribution in [0.4, 0.5) is 0 Å². The largest absolute Gasteiger partial charge is 0.381 e. The van der Waals surface area contributed by atoms with E-state index < -0.39 is 0 Å². The van der Waals surface area contributed by atoms with E-state index in [1.54, 1.807) is 19.0 Å². The average molecular weight is 350 g/mol. The molecule has 1 aromatic rings. The van der Waals surface area contributed by atoms with Crippen molar-refractivity contribution in [2.45, 2.75) is 25.3 Å². The van der Waals surface area contributed by atoms with Crippen molar-refractivity contribution >= 4 is 5.91 Å². The summed E-state index contributed by atoms with van der Waals surface area (Å²) >= 11 is 0. The highest BCUT2D eigenvalue weighted by Gasteiger charge is 2.30. The standard InChI is InChI=1S/C18H30N4O3/c1-20(2)17(23)12-25-11-15-9-22(8-14-4-6-24-7-5-14)10-16-18(15)21(3)13-19-16/h13-15H,4-12H2,1-3H3/t15-/m1/s1. The molecule has 1 fully saturated rings. The summed E-state index contributed by atoms with van der Waals surface area (Å²) in [5.74, 6) is 0.960. The van der Waals surface area contributed by atoms with Crippen LogP contribution in [0.15, 0.2) is 6.33 Å².